The molecule has 0 aliphatic rings. The summed E-state index contributed by atoms with van der Waals surface area (Å²) in [4.78, 5) is 12.4. The van der Waals surface area contributed by atoms with Gasteiger partial charge in [-0.05, 0) is 30.2 Å². The topological polar surface area (TPSA) is 65.0 Å². The van der Waals surface area contributed by atoms with Crippen molar-refractivity contribution < 1.29 is 24.1 Å². The van der Waals surface area contributed by atoms with Crippen molar-refractivity contribution in [1.82, 2.24) is 0 Å². The minimum Gasteiger partial charge on any atom is -0.508 e. The Bertz CT molecular complexity index is 694. The van der Waals surface area contributed by atoms with Gasteiger partial charge in [-0.25, -0.2) is 0 Å². The molecule has 0 saturated carbocycles. The molecule has 0 saturated heterocycles. The van der Waals surface area contributed by atoms with Gasteiger partial charge in [-0.3, -0.25) is 4.79 Å². The molecule has 0 atom stereocenters. The maximum atomic E-state index is 12.4. The number of aromatic hydroxyl groups is 1. The van der Waals surface area contributed by atoms with Crippen LogP contribution in [0.3, 0.4) is 0 Å². The molecule has 0 unspecified atom stereocenters. The van der Waals surface area contributed by atoms with E-state index in [1.165, 1.54) is 20.3 Å². The number of aryl methyl sites for hydroxylation is 1. The molecule has 0 fully saturated rings. The van der Waals surface area contributed by atoms with Gasteiger partial charge < -0.3 is 19.3 Å². The molecule has 23 heavy (non-hydrogen) atoms. The van der Waals surface area contributed by atoms with E-state index in [-0.39, 0.29) is 18.0 Å². The van der Waals surface area contributed by atoms with Crippen LogP contribution in [0.15, 0.2) is 36.4 Å². The van der Waals surface area contributed by atoms with Crippen LogP contribution in [-0.4, -0.2) is 32.2 Å². The van der Waals surface area contributed by atoms with E-state index in [9.17, 15) is 9.90 Å². The SMILES string of the molecule is COc1ccc(CCC(=O)c2ccc(OC)cc2OC)c(O)c1. The van der Waals surface area contributed by atoms with Gasteiger partial charge in [-0.15, -0.1) is 0 Å². The minimum absolute atomic E-state index is 0.0558. The highest BCUT2D eigenvalue weighted by molar-refractivity contribution is 5.99. The molecule has 0 spiro atoms. The highest BCUT2D eigenvalue weighted by atomic mass is 16.5. The van der Waals surface area contributed by atoms with E-state index < -0.39 is 0 Å². The van der Waals surface area contributed by atoms with Crippen molar-refractivity contribution in [2.75, 3.05) is 21.3 Å². The van der Waals surface area contributed by atoms with Crippen molar-refractivity contribution >= 4 is 5.78 Å². The van der Waals surface area contributed by atoms with Gasteiger partial charge in [0.2, 0.25) is 0 Å². The Hall–Kier alpha value is -2.69. The summed E-state index contributed by atoms with van der Waals surface area (Å²) < 4.78 is 15.4. The number of hydrogen-bond donors (Lipinski definition) is 1. The van der Waals surface area contributed by atoms with Crippen LogP contribution in [0.1, 0.15) is 22.3 Å². The van der Waals surface area contributed by atoms with Gasteiger partial charge in [0.25, 0.3) is 0 Å². The lowest BCUT2D eigenvalue weighted by atomic mass is 10.0. The van der Waals surface area contributed by atoms with Crippen LogP contribution >= 0.6 is 0 Å². The molecule has 0 aromatic heterocycles. The van der Waals surface area contributed by atoms with E-state index in [1.807, 2.05) is 0 Å². The Labute approximate surface area is 135 Å². The van der Waals surface area contributed by atoms with Gasteiger partial charge >= 0.3 is 0 Å². The molecule has 0 heterocycles. The first kappa shape index (κ1) is 16.7. The molecule has 0 bridgehead atoms. The molecule has 0 radical (unpaired) electrons. The zero-order chi connectivity index (χ0) is 16.8. The first-order chi connectivity index (χ1) is 11.1. The number of ketones is 1. The zero-order valence-electron chi connectivity index (χ0n) is 13.5. The van der Waals surface area contributed by atoms with E-state index >= 15 is 0 Å². The lowest BCUT2D eigenvalue weighted by molar-refractivity contribution is 0.0979. The summed E-state index contributed by atoms with van der Waals surface area (Å²) in [5.74, 6) is 1.76. The molecular weight excluding hydrogens is 296 g/mol. The fraction of sp³-hybridized carbons (Fsp3) is 0.278. The number of benzene rings is 2. The van der Waals surface area contributed by atoms with Crippen LogP contribution in [-0.2, 0) is 6.42 Å². The van der Waals surface area contributed by atoms with Crippen LogP contribution < -0.4 is 14.2 Å². The number of methoxy groups -OCH3 is 3. The average Bonchev–Trinajstić information content (AvgIpc) is 2.59. The van der Waals surface area contributed by atoms with Crippen molar-refractivity contribution in [3.8, 4) is 23.0 Å². The van der Waals surface area contributed by atoms with Crippen molar-refractivity contribution in [2.45, 2.75) is 12.8 Å². The highest BCUT2D eigenvalue weighted by Gasteiger charge is 2.14. The summed E-state index contributed by atoms with van der Waals surface area (Å²) in [6, 6.07) is 10.1. The van der Waals surface area contributed by atoms with Crippen LogP contribution in [0.5, 0.6) is 23.0 Å². The maximum absolute atomic E-state index is 12.4. The largest absolute Gasteiger partial charge is 0.508 e. The molecule has 5 nitrogen and oxygen atoms in total. The fourth-order valence-electron chi connectivity index (χ4n) is 2.29. The summed E-state index contributed by atoms with van der Waals surface area (Å²) in [5, 5.41) is 9.94. The Kier molecular flexibility index (Phi) is 5.46. The standard InChI is InChI=1S/C18H20O5/c1-21-13-6-4-12(17(20)10-13)5-9-16(19)15-8-7-14(22-2)11-18(15)23-3/h4,6-8,10-11,20H,5,9H2,1-3H3. The van der Waals surface area contributed by atoms with Gasteiger partial charge in [0, 0.05) is 18.6 Å². The Morgan fingerprint density at radius 3 is 2.22 bits per heavy atom. The summed E-state index contributed by atoms with van der Waals surface area (Å²) in [5.41, 5.74) is 1.20. The molecule has 0 aliphatic heterocycles. The second kappa shape index (κ2) is 7.54. The second-order valence-electron chi connectivity index (χ2n) is 4.98. The fourth-order valence-corrected chi connectivity index (χ4v) is 2.29. The van der Waals surface area contributed by atoms with Gasteiger partial charge in [-0.1, -0.05) is 6.07 Å². The minimum atomic E-state index is -0.0558. The van der Waals surface area contributed by atoms with Crippen LogP contribution in [0, 0.1) is 0 Å². The molecule has 0 amide bonds. The smallest absolute Gasteiger partial charge is 0.166 e. The monoisotopic (exact) mass is 316 g/mol. The number of carbonyl (C=O) groups excluding carboxylic acids is 1. The third-order valence-corrected chi connectivity index (χ3v) is 3.62. The van der Waals surface area contributed by atoms with Crippen LogP contribution in [0.4, 0.5) is 0 Å². The lowest BCUT2D eigenvalue weighted by Crippen LogP contribution is -2.04. The molecular formula is C18H20O5. The summed E-state index contributed by atoms with van der Waals surface area (Å²) in [6.07, 6.45) is 0.701. The number of Topliss-reactive ketones (excluding diaryl/α,β-unsaturated/α-hetero) is 1. The number of phenols is 1. The molecule has 0 aliphatic carbocycles. The van der Waals surface area contributed by atoms with Crippen molar-refractivity contribution in [1.29, 1.82) is 0 Å². The second-order valence-corrected chi connectivity index (χ2v) is 4.98. The third-order valence-electron chi connectivity index (χ3n) is 3.62. The van der Waals surface area contributed by atoms with Gasteiger partial charge in [0.15, 0.2) is 5.78 Å². The molecule has 2 rings (SSSR count). The Balaban J connectivity index is 2.11. The average molecular weight is 316 g/mol. The number of rotatable bonds is 7. The van der Waals surface area contributed by atoms with E-state index in [0.29, 0.717) is 34.8 Å². The van der Waals surface area contributed by atoms with Crippen LogP contribution in [0.25, 0.3) is 0 Å². The van der Waals surface area contributed by atoms with Crippen molar-refractivity contribution in [3.05, 3.63) is 47.5 Å². The number of ether oxygens (including phenoxy) is 3. The van der Waals surface area contributed by atoms with Crippen molar-refractivity contribution in [3.63, 3.8) is 0 Å². The van der Waals surface area contributed by atoms with Gasteiger partial charge in [0.1, 0.15) is 23.0 Å². The Morgan fingerprint density at radius 2 is 1.61 bits per heavy atom. The molecule has 1 N–H and O–H groups in total. The third kappa shape index (κ3) is 3.94. The Morgan fingerprint density at radius 1 is 0.957 bits per heavy atom. The maximum Gasteiger partial charge on any atom is 0.166 e. The van der Waals surface area contributed by atoms with Gasteiger partial charge in [-0.2, -0.15) is 0 Å². The molecule has 2 aromatic rings. The normalized spacial score (nSPS) is 10.2. The zero-order valence-corrected chi connectivity index (χ0v) is 13.5. The lowest BCUT2D eigenvalue weighted by Gasteiger charge is -2.10. The van der Waals surface area contributed by atoms with Crippen molar-refractivity contribution in [2.24, 2.45) is 0 Å². The number of phenolic OH excluding ortho intramolecular Hbond substituents is 1. The van der Waals surface area contributed by atoms with E-state index in [2.05, 4.69) is 0 Å². The number of carbonyl (C=O) groups is 1. The predicted molar refractivity (Wildman–Crippen MR) is 86.9 cm³/mol. The summed E-state index contributed by atoms with van der Waals surface area (Å²) in [6.45, 7) is 0. The number of hydrogen-bond acceptors (Lipinski definition) is 5. The predicted octanol–water partition coefficient (Wildman–Crippen LogP) is 3.23. The van der Waals surface area contributed by atoms with Gasteiger partial charge in [0.05, 0.1) is 26.9 Å². The first-order valence-electron chi connectivity index (χ1n) is 7.20. The quantitative estimate of drug-likeness (QED) is 0.794. The first-order valence-corrected chi connectivity index (χ1v) is 7.20. The van der Waals surface area contributed by atoms with E-state index in [0.717, 1.165) is 0 Å². The molecule has 5 heteroatoms. The highest BCUT2D eigenvalue weighted by Crippen LogP contribution is 2.28. The van der Waals surface area contributed by atoms with E-state index in [1.54, 1.807) is 37.4 Å². The molecule has 2 aromatic carbocycles. The molecule has 122 valence electrons. The summed E-state index contributed by atoms with van der Waals surface area (Å²) >= 11 is 0. The van der Waals surface area contributed by atoms with Crippen LogP contribution in [0.2, 0.25) is 0 Å². The summed E-state index contributed by atoms with van der Waals surface area (Å²) in [7, 11) is 4.61. The van der Waals surface area contributed by atoms with E-state index in [4.69, 9.17) is 14.2 Å².